The molecule has 2 saturated heterocycles. The third-order valence-corrected chi connectivity index (χ3v) is 7.62. The number of aromatic nitrogens is 1. The molecule has 2 aromatic carbocycles. The van der Waals surface area contributed by atoms with E-state index in [1.807, 2.05) is 41.3 Å². The van der Waals surface area contributed by atoms with Gasteiger partial charge in [0.25, 0.3) is 5.91 Å². The van der Waals surface area contributed by atoms with Crippen molar-refractivity contribution in [1.29, 1.82) is 0 Å². The Balaban J connectivity index is 1.32. The number of nitrogens with zero attached hydrogens (tertiary/aromatic N) is 3. The van der Waals surface area contributed by atoms with Gasteiger partial charge in [0.05, 0.1) is 40.9 Å². The number of hydrogen-bond donors (Lipinski definition) is 0. The molecule has 0 N–H and O–H groups in total. The molecule has 2 aliphatic heterocycles. The van der Waals surface area contributed by atoms with Gasteiger partial charge in [0.1, 0.15) is 5.01 Å². The number of anilines is 1. The number of imide groups is 1. The van der Waals surface area contributed by atoms with Crippen molar-refractivity contribution in [2.75, 3.05) is 24.6 Å². The first-order valence-electron chi connectivity index (χ1n) is 11.7. The topological polar surface area (TPSA) is 79.8 Å². The third kappa shape index (κ3) is 4.23. The number of rotatable bonds is 5. The Morgan fingerprint density at radius 1 is 1.18 bits per heavy atom. The molecule has 7 nitrogen and oxygen atoms in total. The fourth-order valence-corrected chi connectivity index (χ4v) is 5.89. The number of aryl methyl sites for hydroxylation is 1. The Bertz CT molecular complexity index is 1250. The van der Waals surface area contributed by atoms with E-state index in [4.69, 9.17) is 9.72 Å². The van der Waals surface area contributed by atoms with E-state index in [2.05, 4.69) is 13.0 Å². The number of amides is 2. The van der Waals surface area contributed by atoms with Gasteiger partial charge in [0, 0.05) is 12.1 Å². The van der Waals surface area contributed by atoms with Gasteiger partial charge >= 0.3 is 5.97 Å². The summed E-state index contributed by atoms with van der Waals surface area (Å²) < 4.78 is 6.31. The maximum absolute atomic E-state index is 13.3. The molecule has 5 rings (SSSR count). The van der Waals surface area contributed by atoms with Crippen LogP contribution in [0.3, 0.4) is 0 Å². The zero-order chi connectivity index (χ0) is 23.8. The summed E-state index contributed by atoms with van der Waals surface area (Å²) in [6.07, 6.45) is 1.69. The summed E-state index contributed by atoms with van der Waals surface area (Å²) in [7, 11) is 0. The van der Waals surface area contributed by atoms with Crippen LogP contribution < -0.4 is 4.90 Å². The summed E-state index contributed by atoms with van der Waals surface area (Å²) >= 11 is 1.63. The minimum Gasteiger partial charge on any atom is -0.466 e. The van der Waals surface area contributed by atoms with Crippen molar-refractivity contribution in [3.8, 4) is 10.6 Å². The molecular weight excluding hydrogens is 450 g/mol. The van der Waals surface area contributed by atoms with E-state index >= 15 is 0 Å². The lowest BCUT2D eigenvalue weighted by Crippen LogP contribution is -2.48. The fraction of sp³-hybridized carbons (Fsp3) is 0.385. The molecule has 0 saturated carbocycles. The number of fused-ring (bicyclic) bond motifs is 1. The molecule has 0 bridgehead atoms. The molecule has 0 aliphatic carbocycles. The molecule has 2 fully saturated rings. The lowest BCUT2D eigenvalue weighted by Gasteiger charge is -2.34. The van der Waals surface area contributed by atoms with Crippen LogP contribution in [-0.4, -0.2) is 53.4 Å². The van der Waals surface area contributed by atoms with Crippen LogP contribution in [-0.2, 0) is 19.1 Å². The smallest absolute Gasteiger partial charge is 0.310 e. The van der Waals surface area contributed by atoms with Gasteiger partial charge in [-0.2, -0.15) is 0 Å². The van der Waals surface area contributed by atoms with Gasteiger partial charge in [-0.1, -0.05) is 6.07 Å². The number of thiazole rings is 1. The molecule has 2 amide bonds. The Morgan fingerprint density at radius 3 is 2.74 bits per heavy atom. The molecule has 0 unspecified atom stereocenters. The highest BCUT2D eigenvalue weighted by Crippen LogP contribution is 2.33. The number of benzene rings is 2. The van der Waals surface area contributed by atoms with Crippen molar-refractivity contribution < 1.29 is 19.1 Å². The Morgan fingerprint density at radius 2 is 1.97 bits per heavy atom. The molecule has 2 atom stereocenters. The van der Waals surface area contributed by atoms with Crippen LogP contribution in [0.5, 0.6) is 0 Å². The summed E-state index contributed by atoms with van der Waals surface area (Å²) in [5.41, 5.74) is 3.68. The predicted octanol–water partition coefficient (Wildman–Crippen LogP) is 4.18. The maximum atomic E-state index is 13.3. The van der Waals surface area contributed by atoms with E-state index in [1.165, 1.54) is 10.5 Å². The van der Waals surface area contributed by atoms with Crippen LogP contribution in [0.4, 0.5) is 5.69 Å². The zero-order valence-corrected chi connectivity index (χ0v) is 20.1. The molecule has 0 radical (unpaired) electrons. The van der Waals surface area contributed by atoms with E-state index in [0.29, 0.717) is 25.4 Å². The first kappa shape index (κ1) is 22.7. The number of likely N-dealkylation sites (tertiary alicyclic amines) is 1. The molecule has 3 aromatic rings. The largest absolute Gasteiger partial charge is 0.466 e. The van der Waals surface area contributed by atoms with Crippen LogP contribution in [0, 0.1) is 12.8 Å². The number of esters is 1. The van der Waals surface area contributed by atoms with Crippen molar-refractivity contribution in [3.05, 3.63) is 48.0 Å². The molecule has 0 spiro atoms. The highest BCUT2D eigenvalue weighted by Gasteiger charge is 2.44. The minimum absolute atomic E-state index is 0.132. The van der Waals surface area contributed by atoms with E-state index in [-0.39, 0.29) is 30.1 Å². The first-order valence-corrected chi connectivity index (χ1v) is 12.5. The molecule has 176 valence electrons. The van der Waals surface area contributed by atoms with Gasteiger partial charge in [-0.25, -0.2) is 9.88 Å². The third-order valence-electron chi connectivity index (χ3n) is 6.55. The molecule has 1 aromatic heterocycles. The van der Waals surface area contributed by atoms with Crippen LogP contribution in [0.15, 0.2) is 42.5 Å². The van der Waals surface area contributed by atoms with E-state index in [0.717, 1.165) is 33.6 Å². The summed E-state index contributed by atoms with van der Waals surface area (Å²) in [5, 5.41) is 0.905. The number of carbonyl (C=O) groups excluding carboxylic acids is 3. The second-order valence-corrected chi connectivity index (χ2v) is 9.94. The summed E-state index contributed by atoms with van der Waals surface area (Å²) in [5.74, 6) is -0.904. The molecule has 34 heavy (non-hydrogen) atoms. The average Bonchev–Trinajstić information content (AvgIpc) is 3.39. The normalized spacial score (nSPS) is 21.4. The van der Waals surface area contributed by atoms with E-state index in [1.54, 1.807) is 18.3 Å². The van der Waals surface area contributed by atoms with Gasteiger partial charge in [0.2, 0.25) is 5.91 Å². The maximum Gasteiger partial charge on any atom is 0.310 e. The quantitative estimate of drug-likeness (QED) is 0.405. The highest BCUT2D eigenvalue weighted by atomic mass is 32.1. The molecular formula is C26H27N3O4S. The van der Waals surface area contributed by atoms with Crippen molar-refractivity contribution in [2.24, 2.45) is 5.92 Å². The van der Waals surface area contributed by atoms with Crippen LogP contribution in [0.2, 0.25) is 0 Å². The van der Waals surface area contributed by atoms with E-state index < -0.39 is 6.04 Å². The van der Waals surface area contributed by atoms with Crippen LogP contribution in [0.1, 0.15) is 31.7 Å². The minimum atomic E-state index is -0.531. The van der Waals surface area contributed by atoms with Gasteiger partial charge in [-0.3, -0.25) is 19.3 Å². The number of hydrogen-bond acceptors (Lipinski definition) is 7. The second-order valence-electron chi connectivity index (χ2n) is 8.91. The Kier molecular flexibility index (Phi) is 6.18. The summed E-state index contributed by atoms with van der Waals surface area (Å²) in [4.78, 5) is 46.3. The van der Waals surface area contributed by atoms with Crippen molar-refractivity contribution in [1.82, 2.24) is 9.88 Å². The highest BCUT2D eigenvalue weighted by molar-refractivity contribution is 7.21. The Labute approximate surface area is 202 Å². The van der Waals surface area contributed by atoms with Crippen LogP contribution in [0.25, 0.3) is 20.8 Å². The summed E-state index contributed by atoms with van der Waals surface area (Å²) in [6, 6.07) is 13.1. The fourth-order valence-electron chi connectivity index (χ4n) is 4.82. The lowest BCUT2D eigenvalue weighted by molar-refractivity contribution is -0.150. The molecule has 3 heterocycles. The van der Waals surface area contributed by atoms with Gasteiger partial charge < -0.3 is 4.74 Å². The van der Waals surface area contributed by atoms with E-state index in [9.17, 15) is 14.4 Å². The van der Waals surface area contributed by atoms with Gasteiger partial charge in [-0.15, -0.1) is 11.3 Å². The van der Waals surface area contributed by atoms with Crippen molar-refractivity contribution in [3.63, 3.8) is 0 Å². The average molecular weight is 478 g/mol. The van der Waals surface area contributed by atoms with Gasteiger partial charge in [0.15, 0.2) is 0 Å². The predicted molar refractivity (Wildman–Crippen MR) is 132 cm³/mol. The number of ether oxygens (including phenoxy) is 1. The van der Waals surface area contributed by atoms with Crippen LogP contribution >= 0.6 is 11.3 Å². The second kappa shape index (κ2) is 9.27. The lowest BCUT2D eigenvalue weighted by atomic mass is 9.96. The number of carbonyl (C=O) groups is 3. The van der Waals surface area contributed by atoms with Crippen molar-refractivity contribution >= 4 is 45.0 Å². The molecule has 8 heteroatoms. The number of piperidine rings is 1. The standard InChI is InChI=1S/C26H27N3O4S/c1-3-33-26(32)18-5-4-12-28(15-18)21-14-23(30)29(25(21)31)19-9-7-17(8-10-19)24-27-20-11-6-16(2)13-22(20)34-24/h6-11,13,18,21H,3-5,12,14-15H2,1-2H3/t18-,21+/m0/s1. The van der Waals surface area contributed by atoms with Gasteiger partial charge in [-0.05, 0) is 75.2 Å². The molecule has 2 aliphatic rings. The summed E-state index contributed by atoms with van der Waals surface area (Å²) in [6.45, 7) is 5.34. The SMILES string of the molecule is CCOC(=O)[C@H]1CCCN([C@@H]2CC(=O)N(c3ccc(-c4nc5ccc(C)cc5s4)cc3)C2=O)C1. The monoisotopic (exact) mass is 477 g/mol. The zero-order valence-electron chi connectivity index (χ0n) is 19.3. The first-order chi connectivity index (χ1) is 16.4. The van der Waals surface area contributed by atoms with Crippen molar-refractivity contribution in [2.45, 2.75) is 39.2 Å². The Hall–Kier alpha value is -3.10.